The van der Waals surface area contributed by atoms with Crippen LogP contribution in [0.2, 0.25) is 0 Å². The van der Waals surface area contributed by atoms with E-state index in [1.807, 2.05) is 18.2 Å². The van der Waals surface area contributed by atoms with Gasteiger partial charge in [0.05, 0.1) is 5.52 Å². The van der Waals surface area contributed by atoms with Gasteiger partial charge in [-0.1, -0.05) is 30.3 Å². The molecule has 4 aromatic rings. The van der Waals surface area contributed by atoms with Gasteiger partial charge in [-0.25, -0.2) is 14.4 Å². The van der Waals surface area contributed by atoms with Crippen LogP contribution in [-0.2, 0) is 13.0 Å². The third-order valence-corrected chi connectivity index (χ3v) is 5.07. The maximum Gasteiger partial charge on any atom is 0.197 e. The number of nitrogens with zero attached hydrogens (tertiary/aromatic N) is 5. The van der Waals surface area contributed by atoms with Crippen molar-refractivity contribution in [2.45, 2.75) is 30.1 Å². The highest BCUT2D eigenvalue weighted by Crippen LogP contribution is 2.31. The predicted molar refractivity (Wildman–Crippen MR) is 98.6 cm³/mol. The summed E-state index contributed by atoms with van der Waals surface area (Å²) < 4.78 is 15.7. The topological polar surface area (TPSA) is 56.5 Å². The number of hydrogen-bond donors (Lipinski definition) is 0. The molecule has 0 aliphatic rings. The molecule has 0 bridgehead atoms. The number of aromatic nitrogens is 5. The Balaban J connectivity index is 1.68. The molecular formula is C19H16FN5S. The van der Waals surface area contributed by atoms with Gasteiger partial charge >= 0.3 is 0 Å². The van der Waals surface area contributed by atoms with Gasteiger partial charge in [0.1, 0.15) is 23.0 Å². The minimum absolute atomic E-state index is 0.309. The van der Waals surface area contributed by atoms with Crippen LogP contribution < -0.4 is 0 Å². The van der Waals surface area contributed by atoms with Crippen LogP contribution in [0.3, 0.4) is 0 Å². The van der Waals surface area contributed by atoms with Crippen LogP contribution in [0.15, 0.2) is 65.0 Å². The van der Waals surface area contributed by atoms with Gasteiger partial charge in [-0.3, -0.25) is 0 Å². The highest BCUT2D eigenvalue weighted by molar-refractivity contribution is 7.99. The zero-order valence-electron chi connectivity index (χ0n) is 14.1. The summed E-state index contributed by atoms with van der Waals surface area (Å²) in [7, 11) is 0. The van der Waals surface area contributed by atoms with E-state index >= 15 is 0 Å². The monoisotopic (exact) mass is 365 g/mol. The Labute approximate surface area is 154 Å². The van der Waals surface area contributed by atoms with Crippen molar-refractivity contribution >= 4 is 22.7 Å². The SMILES string of the molecule is CCn1c(Cc2ccccc2)nnc1Sc1ncnc2ccc(F)cc12. The van der Waals surface area contributed by atoms with Crippen molar-refractivity contribution in [3.8, 4) is 0 Å². The second-order valence-corrected chi connectivity index (χ2v) is 6.70. The van der Waals surface area contributed by atoms with E-state index in [1.54, 1.807) is 6.07 Å². The summed E-state index contributed by atoms with van der Waals surface area (Å²) in [6.45, 7) is 2.80. The number of hydrogen-bond acceptors (Lipinski definition) is 5. The fraction of sp³-hybridized carbons (Fsp3) is 0.158. The van der Waals surface area contributed by atoms with Crippen LogP contribution in [0.25, 0.3) is 10.9 Å². The second kappa shape index (κ2) is 7.21. The number of fused-ring (bicyclic) bond motifs is 1. The van der Waals surface area contributed by atoms with Gasteiger partial charge in [0.15, 0.2) is 5.16 Å². The van der Waals surface area contributed by atoms with E-state index in [-0.39, 0.29) is 5.82 Å². The summed E-state index contributed by atoms with van der Waals surface area (Å²) in [5, 5.41) is 10.8. The molecule has 0 unspecified atom stereocenters. The second-order valence-electron chi connectivity index (χ2n) is 5.75. The Kier molecular flexibility index (Phi) is 4.62. The molecule has 0 N–H and O–H groups in total. The molecule has 0 aliphatic carbocycles. The minimum atomic E-state index is -0.309. The molecule has 0 fully saturated rings. The van der Waals surface area contributed by atoms with Crippen LogP contribution in [-0.4, -0.2) is 24.7 Å². The van der Waals surface area contributed by atoms with Crippen LogP contribution in [0.1, 0.15) is 18.3 Å². The normalized spacial score (nSPS) is 11.2. The molecule has 2 aromatic carbocycles. The third kappa shape index (κ3) is 3.30. The lowest BCUT2D eigenvalue weighted by molar-refractivity contribution is 0.629. The van der Waals surface area contributed by atoms with Crippen molar-refractivity contribution in [2.24, 2.45) is 0 Å². The first-order valence-electron chi connectivity index (χ1n) is 8.28. The average Bonchev–Trinajstić information content (AvgIpc) is 3.04. The Morgan fingerprint density at radius 1 is 1.04 bits per heavy atom. The van der Waals surface area contributed by atoms with Gasteiger partial charge in [-0.15, -0.1) is 10.2 Å². The molecule has 26 heavy (non-hydrogen) atoms. The van der Waals surface area contributed by atoms with Crippen molar-refractivity contribution in [3.05, 3.63) is 72.1 Å². The largest absolute Gasteiger partial charge is 0.306 e. The molecule has 0 radical (unpaired) electrons. The smallest absolute Gasteiger partial charge is 0.197 e. The zero-order chi connectivity index (χ0) is 17.9. The molecule has 5 nitrogen and oxygen atoms in total. The fourth-order valence-corrected chi connectivity index (χ4v) is 3.77. The Morgan fingerprint density at radius 2 is 1.88 bits per heavy atom. The van der Waals surface area contributed by atoms with Crippen LogP contribution in [0.4, 0.5) is 4.39 Å². The fourth-order valence-electron chi connectivity index (χ4n) is 2.79. The molecule has 2 aromatic heterocycles. The summed E-state index contributed by atoms with van der Waals surface area (Å²) in [6.07, 6.45) is 2.20. The molecule has 130 valence electrons. The van der Waals surface area contributed by atoms with Crippen LogP contribution in [0, 0.1) is 5.82 Å². The van der Waals surface area contributed by atoms with E-state index in [0.29, 0.717) is 22.3 Å². The highest BCUT2D eigenvalue weighted by atomic mass is 32.2. The van der Waals surface area contributed by atoms with Gasteiger partial charge in [0, 0.05) is 18.4 Å². The van der Waals surface area contributed by atoms with E-state index in [1.165, 1.54) is 35.8 Å². The molecule has 4 rings (SSSR count). The van der Waals surface area contributed by atoms with E-state index < -0.39 is 0 Å². The molecule has 0 aliphatic heterocycles. The molecule has 0 amide bonds. The molecule has 0 spiro atoms. The number of benzene rings is 2. The van der Waals surface area contributed by atoms with Crippen molar-refractivity contribution in [2.75, 3.05) is 0 Å². The van der Waals surface area contributed by atoms with Gasteiger partial charge in [-0.05, 0) is 42.4 Å². The maximum absolute atomic E-state index is 13.6. The standard InChI is InChI=1S/C19H16FN5S/c1-2-25-17(10-13-6-4-3-5-7-13)23-24-19(25)26-18-15-11-14(20)8-9-16(15)21-12-22-18/h3-9,11-12H,2,10H2,1H3. The molecule has 7 heteroatoms. The molecule has 0 atom stereocenters. The number of halogens is 1. The van der Waals surface area contributed by atoms with Crippen molar-refractivity contribution in [1.82, 2.24) is 24.7 Å². The van der Waals surface area contributed by atoms with Gasteiger partial charge < -0.3 is 4.57 Å². The Bertz CT molecular complexity index is 1050. The first kappa shape index (κ1) is 16.7. The Hall–Kier alpha value is -2.80. The van der Waals surface area contributed by atoms with Gasteiger partial charge in [0.2, 0.25) is 0 Å². The van der Waals surface area contributed by atoms with Crippen molar-refractivity contribution in [3.63, 3.8) is 0 Å². The lowest BCUT2D eigenvalue weighted by Gasteiger charge is -2.08. The summed E-state index contributed by atoms with van der Waals surface area (Å²) in [6, 6.07) is 14.7. The van der Waals surface area contributed by atoms with E-state index in [9.17, 15) is 4.39 Å². The highest BCUT2D eigenvalue weighted by Gasteiger charge is 2.15. The number of rotatable bonds is 5. The summed E-state index contributed by atoms with van der Waals surface area (Å²) >= 11 is 1.38. The van der Waals surface area contributed by atoms with E-state index in [4.69, 9.17) is 0 Å². The van der Waals surface area contributed by atoms with E-state index in [2.05, 4.69) is 43.8 Å². The predicted octanol–water partition coefficient (Wildman–Crippen LogP) is 4.12. The molecule has 0 saturated heterocycles. The van der Waals surface area contributed by atoms with Crippen LogP contribution >= 0.6 is 11.8 Å². The summed E-state index contributed by atoms with van der Waals surface area (Å²) in [5.41, 5.74) is 1.89. The average molecular weight is 365 g/mol. The zero-order valence-corrected chi connectivity index (χ0v) is 14.9. The first-order valence-corrected chi connectivity index (χ1v) is 9.10. The quantitative estimate of drug-likeness (QED) is 0.498. The lowest BCUT2D eigenvalue weighted by Crippen LogP contribution is -2.04. The molecule has 2 heterocycles. The van der Waals surface area contributed by atoms with Crippen LogP contribution in [0.5, 0.6) is 0 Å². The maximum atomic E-state index is 13.6. The van der Waals surface area contributed by atoms with Gasteiger partial charge in [-0.2, -0.15) is 0 Å². The molecule has 0 saturated carbocycles. The lowest BCUT2D eigenvalue weighted by atomic mass is 10.1. The summed E-state index contributed by atoms with van der Waals surface area (Å²) in [4.78, 5) is 8.51. The van der Waals surface area contributed by atoms with Crippen molar-refractivity contribution in [1.29, 1.82) is 0 Å². The third-order valence-electron chi connectivity index (χ3n) is 4.06. The van der Waals surface area contributed by atoms with Crippen molar-refractivity contribution < 1.29 is 4.39 Å². The minimum Gasteiger partial charge on any atom is -0.306 e. The van der Waals surface area contributed by atoms with Gasteiger partial charge in [0.25, 0.3) is 0 Å². The van der Waals surface area contributed by atoms with E-state index in [0.717, 1.165) is 17.5 Å². The molecular weight excluding hydrogens is 349 g/mol. The first-order chi connectivity index (χ1) is 12.7. The summed E-state index contributed by atoms with van der Waals surface area (Å²) in [5.74, 6) is 0.585. The Morgan fingerprint density at radius 3 is 2.69 bits per heavy atom.